The molecule has 1 aliphatic carbocycles. The quantitative estimate of drug-likeness (QED) is 0.695. The van der Waals surface area contributed by atoms with Gasteiger partial charge in [0.15, 0.2) is 0 Å². The van der Waals surface area contributed by atoms with E-state index >= 15 is 0 Å². The van der Waals surface area contributed by atoms with Crippen LogP contribution in [0.1, 0.15) is 32.1 Å². The molecule has 114 valence electrons. The third kappa shape index (κ3) is 8.44. The molecule has 1 aliphatic rings. The van der Waals surface area contributed by atoms with Crippen LogP contribution in [0, 0.1) is 5.92 Å². The van der Waals surface area contributed by atoms with E-state index in [2.05, 4.69) is 4.74 Å². The summed E-state index contributed by atoms with van der Waals surface area (Å²) in [5.41, 5.74) is 0. The molecule has 0 aromatic rings. The Kier molecular flexibility index (Phi) is 7.71. The summed E-state index contributed by atoms with van der Waals surface area (Å²) in [6.45, 7) is 0.719. The first kappa shape index (κ1) is 16.7. The normalized spacial score (nSPS) is 18.2. The van der Waals surface area contributed by atoms with E-state index in [1.807, 2.05) is 4.90 Å². The fraction of sp³-hybridized carbons (Fsp3) is 1.00. The minimum atomic E-state index is -4.26. The second-order valence-electron chi connectivity index (χ2n) is 5.20. The zero-order valence-electron chi connectivity index (χ0n) is 11.3. The Morgan fingerprint density at radius 3 is 2.37 bits per heavy atom. The smallest absolute Gasteiger partial charge is 0.395 e. The summed E-state index contributed by atoms with van der Waals surface area (Å²) in [5, 5.41) is 8.99. The molecular formula is C13H24F3NO2. The lowest BCUT2D eigenvalue weighted by Gasteiger charge is -2.29. The number of alkyl halides is 3. The van der Waals surface area contributed by atoms with Crippen molar-refractivity contribution in [1.82, 2.24) is 4.90 Å². The number of nitrogens with zero attached hydrogens (tertiary/aromatic N) is 1. The monoisotopic (exact) mass is 283 g/mol. The molecule has 0 spiro atoms. The second kappa shape index (κ2) is 8.76. The maximum atomic E-state index is 11.9. The van der Waals surface area contributed by atoms with E-state index in [9.17, 15) is 13.2 Å². The lowest BCUT2D eigenvalue weighted by Crippen LogP contribution is -2.36. The van der Waals surface area contributed by atoms with Gasteiger partial charge in [-0.1, -0.05) is 19.3 Å². The molecule has 0 unspecified atom stereocenters. The van der Waals surface area contributed by atoms with Crippen LogP contribution in [-0.2, 0) is 4.74 Å². The van der Waals surface area contributed by atoms with Crippen molar-refractivity contribution in [2.45, 2.75) is 38.3 Å². The average molecular weight is 283 g/mol. The highest BCUT2D eigenvalue weighted by Crippen LogP contribution is 2.24. The van der Waals surface area contributed by atoms with Crippen molar-refractivity contribution in [3.8, 4) is 0 Å². The van der Waals surface area contributed by atoms with E-state index in [0.29, 0.717) is 19.0 Å². The molecule has 1 saturated carbocycles. The third-order valence-corrected chi connectivity index (χ3v) is 3.47. The third-order valence-electron chi connectivity index (χ3n) is 3.47. The maximum Gasteiger partial charge on any atom is 0.411 e. The average Bonchev–Trinajstić information content (AvgIpc) is 2.35. The Morgan fingerprint density at radius 1 is 1.11 bits per heavy atom. The van der Waals surface area contributed by atoms with Gasteiger partial charge in [0.05, 0.1) is 13.2 Å². The Labute approximate surface area is 112 Å². The summed E-state index contributed by atoms with van der Waals surface area (Å²) in [6.07, 6.45) is 1.87. The van der Waals surface area contributed by atoms with Crippen LogP contribution in [0.4, 0.5) is 13.2 Å². The van der Waals surface area contributed by atoms with Crippen molar-refractivity contribution in [1.29, 1.82) is 0 Å². The molecule has 0 aliphatic heterocycles. The van der Waals surface area contributed by atoms with E-state index in [1.165, 1.54) is 32.1 Å². The molecule has 0 radical (unpaired) electrons. The number of ether oxygens (including phenoxy) is 1. The summed E-state index contributed by atoms with van der Waals surface area (Å²) in [6, 6.07) is 0. The first-order chi connectivity index (χ1) is 9.01. The summed E-state index contributed by atoms with van der Waals surface area (Å²) in [4.78, 5) is 2.01. The zero-order valence-corrected chi connectivity index (χ0v) is 11.3. The van der Waals surface area contributed by atoms with Gasteiger partial charge in [-0.05, 0) is 18.8 Å². The van der Waals surface area contributed by atoms with Crippen LogP contribution in [0.25, 0.3) is 0 Å². The van der Waals surface area contributed by atoms with Crippen molar-refractivity contribution in [2.24, 2.45) is 5.92 Å². The molecular weight excluding hydrogens is 259 g/mol. The molecule has 3 nitrogen and oxygen atoms in total. The van der Waals surface area contributed by atoms with E-state index in [0.717, 1.165) is 6.54 Å². The van der Waals surface area contributed by atoms with Gasteiger partial charge in [-0.15, -0.1) is 0 Å². The maximum absolute atomic E-state index is 11.9. The zero-order chi connectivity index (χ0) is 14.1. The number of aliphatic hydroxyl groups is 1. The molecule has 0 aromatic heterocycles. The Hall–Kier alpha value is -0.330. The highest BCUT2D eigenvalue weighted by molar-refractivity contribution is 4.70. The van der Waals surface area contributed by atoms with Crippen molar-refractivity contribution in [2.75, 3.05) is 39.5 Å². The SMILES string of the molecule is OCCN(CCOCC(F)(F)F)CC1CCCCC1. The first-order valence-electron chi connectivity index (χ1n) is 6.99. The summed E-state index contributed by atoms with van der Waals surface area (Å²) in [7, 11) is 0. The predicted octanol–water partition coefficient (Wildman–Crippen LogP) is 2.44. The van der Waals surface area contributed by atoms with Crippen LogP contribution < -0.4 is 0 Å². The minimum absolute atomic E-state index is 0.0337. The number of aliphatic hydroxyl groups excluding tert-OH is 1. The molecule has 6 heteroatoms. The number of hydrogen-bond acceptors (Lipinski definition) is 3. The predicted molar refractivity (Wildman–Crippen MR) is 67.0 cm³/mol. The van der Waals surface area contributed by atoms with E-state index < -0.39 is 12.8 Å². The molecule has 19 heavy (non-hydrogen) atoms. The van der Waals surface area contributed by atoms with Gasteiger partial charge in [0.1, 0.15) is 6.61 Å². The van der Waals surface area contributed by atoms with Gasteiger partial charge in [-0.2, -0.15) is 13.2 Å². The lowest BCUT2D eigenvalue weighted by molar-refractivity contribution is -0.174. The van der Waals surface area contributed by atoms with Gasteiger partial charge in [-0.3, -0.25) is 4.90 Å². The fourth-order valence-electron chi connectivity index (χ4n) is 2.55. The van der Waals surface area contributed by atoms with Crippen molar-refractivity contribution in [3.63, 3.8) is 0 Å². The van der Waals surface area contributed by atoms with Crippen LogP contribution in [-0.4, -0.2) is 55.6 Å². The summed E-state index contributed by atoms with van der Waals surface area (Å²) >= 11 is 0. The first-order valence-corrected chi connectivity index (χ1v) is 6.99. The molecule has 1 fully saturated rings. The van der Waals surface area contributed by atoms with Crippen molar-refractivity contribution in [3.05, 3.63) is 0 Å². The van der Waals surface area contributed by atoms with E-state index in [4.69, 9.17) is 5.11 Å². The van der Waals surface area contributed by atoms with Gasteiger partial charge < -0.3 is 9.84 Å². The molecule has 0 saturated heterocycles. The molecule has 1 N–H and O–H groups in total. The van der Waals surface area contributed by atoms with Gasteiger partial charge in [0, 0.05) is 19.6 Å². The second-order valence-corrected chi connectivity index (χ2v) is 5.20. The standard InChI is InChI=1S/C13H24F3NO2/c14-13(15,16)11-19-9-7-17(6-8-18)10-12-4-2-1-3-5-12/h12,18H,1-11H2. The largest absolute Gasteiger partial charge is 0.411 e. The summed E-state index contributed by atoms with van der Waals surface area (Å²) < 4.78 is 40.4. The molecule has 1 rings (SSSR count). The van der Waals surface area contributed by atoms with Gasteiger partial charge in [-0.25, -0.2) is 0 Å². The Balaban J connectivity index is 2.19. The van der Waals surface area contributed by atoms with Gasteiger partial charge in [0.25, 0.3) is 0 Å². The fourth-order valence-corrected chi connectivity index (χ4v) is 2.55. The molecule has 0 aromatic carbocycles. The van der Waals surface area contributed by atoms with Crippen LogP contribution in [0.5, 0.6) is 0 Å². The topological polar surface area (TPSA) is 32.7 Å². The number of rotatable bonds is 8. The van der Waals surface area contributed by atoms with Gasteiger partial charge in [0.2, 0.25) is 0 Å². The van der Waals surface area contributed by atoms with Crippen molar-refractivity contribution < 1.29 is 23.0 Å². The van der Waals surface area contributed by atoms with Crippen LogP contribution >= 0.6 is 0 Å². The highest BCUT2D eigenvalue weighted by Gasteiger charge is 2.27. The molecule has 0 heterocycles. The minimum Gasteiger partial charge on any atom is -0.395 e. The Bertz CT molecular complexity index is 230. The van der Waals surface area contributed by atoms with Crippen LogP contribution in [0.15, 0.2) is 0 Å². The number of halogens is 3. The Morgan fingerprint density at radius 2 is 1.79 bits per heavy atom. The highest BCUT2D eigenvalue weighted by atomic mass is 19.4. The lowest BCUT2D eigenvalue weighted by atomic mass is 9.89. The number of hydrogen-bond donors (Lipinski definition) is 1. The molecule has 0 amide bonds. The van der Waals surface area contributed by atoms with Gasteiger partial charge >= 0.3 is 6.18 Å². The molecule has 0 atom stereocenters. The van der Waals surface area contributed by atoms with Crippen LogP contribution in [0.2, 0.25) is 0 Å². The van der Waals surface area contributed by atoms with E-state index in [-0.39, 0.29) is 13.2 Å². The summed E-state index contributed by atoms with van der Waals surface area (Å²) in [5.74, 6) is 0.614. The molecule has 0 bridgehead atoms. The van der Waals surface area contributed by atoms with Crippen LogP contribution in [0.3, 0.4) is 0 Å². The van der Waals surface area contributed by atoms with E-state index in [1.54, 1.807) is 0 Å². The van der Waals surface area contributed by atoms with Crippen molar-refractivity contribution >= 4 is 0 Å².